The number of nitrogens with one attached hydrogen (secondary N) is 1. The molecule has 1 aromatic carbocycles. The smallest absolute Gasteiger partial charge is 0.176 e. The zero-order valence-corrected chi connectivity index (χ0v) is 11.8. The highest BCUT2D eigenvalue weighted by atomic mass is 79.9. The quantitative estimate of drug-likeness (QED) is 0.651. The maximum atomic E-state index is 5.60. The van der Waals surface area contributed by atoms with Crippen LogP contribution in [0.2, 0.25) is 0 Å². The van der Waals surface area contributed by atoms with Crippen LogP contribution >= 0.6 is 15.9 Å². The fraction of sp³-hybridized carbons (Fsp3) is 0.364. The summed E-state index contributed by atoms with van der Waals surface area (Å²) in [6.07, 6.45) is 0.597. The first kappa shape index (κ1) is 13.1. The molecule has 0 fully saturated rings. The van der Waals surface area contributed by atoms with Gasteiger partial charge in [0.2, 0.25) is 0 Å². The standard InChI is InChI=1S/C11H15BrN6/c1-7-3-4-8(5-9(7)12)10(14-13)6-11-15-17-18(2)16-11/h3-5,10,14H,6,13H2,1-2H3. The van der Waals surface area contributed by atoms with Crippen LogP contribution in [-0.4, -0.2) is 20.2 Å². The van der Waals surface area contributed by atoms with Gasteiger partial charge >= 0.3 is 0 Å². The summed E-state index contributed by atoms with van der Waals surface area (Å²) < 4.78 is 1.06. The van der Waals surface area contributed by atoms with Crippen molar-refractivity contribution in [1.82, 2.24) is 25.6 Å². The number of nitrogens with two attached hydrogens (primary N) is 1. The van der Waals surface area contributed by atoms with Crippen LogP contribution in [0.4, 0.5) is 0 Å². The highest BCUT2D eigenvalue weighted by Gasteiger charge is 2.14. The number of aromatic nitrogens is 4. The van der Waals surface area contributed by atoms with Crippen LogP contribution in [0, 0.1) is 6.92 Å². The molecule has 1 unspecified atom stereocenters. The Morgan fingerprint density at radius 1 is 1.50 bits per heavy atom. The van der Waals surface area contributed by atoms with Crippen molar-refractivity contribution in [3.63, 3.8) is 0 Å². The van der Waals surface area contributed by atoms with Gasteiger partial charge < -0.3 is 0 Å². The van der Waals surface area contributed by atoms with Gasteiger partial charge in [-0.2, -0.15) is 4.80 Å². The summed E-state index contributed by atoms with van der Waals surface area (Å²) in [7, 11) is 1.74. The molecule has 0 spiro atoms. The highest BCUT2D eigenvalue weighted by Crippen LogP contribution is 2.23. The second kappa shape index (κ2) is 5.55. The first-order valence-electron chi connectivity index (χ1n) is 5.55. The molecule has 6 nitrogen and oxygen atoms in total. The Hall–Kier alpha value is -1.31. The highest BCUT2D eigenvalue weighted by molar-refractivity contribution is 9.10. The van der Waals surface area contributed by atoms with Crippen LogP contribution < -0.4 is 11.3 Å². The van der Waals surface area contributed by atoms with Gasteiger partial charge in [0.25, 0.3) is 0 Å². The predicted octanol–water partition coefficient (Wildman–Crippen LogP) is 1.03. The van der Waals surface area contributed by atoms with Crippen molar-refractivity contribution in [3.8, 4) is 0 Å². The van der Waals surface area contributed by atoms with Crippen molar-refractivity contribution in [2.24, 2.45) is 12.9 Å². The van der Waals surface area contributed by atoms with Crippen LogP contribution in [0.25, 0.3) is 0 Å². The van der Waals surface area contributed by atoms with Crippen molar-refractivity contribution in [2.45, 2.75) is 19.4 Å². The number of hydrogen-bond donors (Lipinski definition) is 2. The van der Waals surface area contributed by atoms with E-state index >= 15 is 0 Å². The van der Waals surface area contributed by atoms with Crippen molar-refractivity contribution in [1.29, 1.82) is 0 Å². The van der Waals surface area contributed by atoms with Crippen LogP contribution in [0.1, 0.15) is 23.0 Å². The van der Waals surface area contributed by atoms with Gasteiger partial charge in [-0.25, -0.2) is 0 Å². The SMILES string of the molecule is Cc1ccc(C(Cc2nnn(C)n2)NN)cc1Br. The van der Waals surface area contributed by atoms with E-state index in [4.69, 9.17) is 5.84 Å². The molecule has 0 aliphatic heterocycles. The summed E-state index contributed by atoms with van der Waals surface area (Å²) in [5.41, 5.74) is 5.06. The van der Waals surface area contributed by atoms with Gasteiger partial charge in [0.05, 0.1) is 13.1 Å². The molecule has 1 heterocycles. The fourth-order valence-corrected chi connectivity index (χ4v) is 2.08. The van der Waals surface area contributed by atoms with Crippen molar-refractivity contribution in [2.75, 3.05) is 0 Å². The summed E-state index contributed by atoms with van der Waals surface area (Å²) in [6.45, 7) is 2.04. The van der Waals surface area contributed by atoms with Gasteiger partial charge in [-0.05, 0) is 29.3 Å². The average Bonchev–Trinajstić information content (AvgIpc) is 2.75. The number of rotatable bonds is 4. The van der Waals surface area contributed by atoms with E-state index < -0.39 is 0 Å². The largest absolute Gasteiger partial charge is 0.271 e. The summed E-state index contributed by atoms with van der Waals surface area (Å²) in [4.78, 5) is 1.44. The molecule has 2 aromatic rings. The summed E-state index contributed by atoms with van der Waals surface area (Å²) in [5, 5.41) is 11.9. The van der Waals surface area contributed by atoms with E-state index in [1.54, 1.807) is 7.05 Å². The minimum atomic E-state index is -0.0360. The Labute approximate surface area is 114 Å². The number of hydrazine groups is 1. The van der Waals surface area contributed by atoms with Crippen LogP contribution in [0.3, 0.4) is 0 Å². The Bertz CT molecular complexity index is 538. The maximum Gasteiger partial charge on any atom is 0.176 e. The molecular formula is C11H15BrN6. The van der Waals surface area contributed by atoms with Crippen molar-refractivity contribution < 1.29 is 0 Å². The van der Waals surface area contributed by atoms with Gasteiger partial charge in [0, 0.05) is 10.9 Å². The fourth-order valence-electron chi connectivity index (χ4n) is 1.69. The first-order chi connectivity index (χ1) is 8.60. The topological polar surface area (TPSA) is 81.7 Å². The van der Waals surface area contributed by atoms with Gasteiger partial charge in [-0.3, -0.25) is 11.3 Å². The lowest BCUT2D eigenvalue weighted by Gasteiger charge is -2.15. The van der Waals surface area contributed by atoms with Crippen molar-refractivity contribution >= 4 is 15.9 Å². The lowest BCUT2D eigenvalue weighted by molar-refractivity contribution is 0.536. The zero-order chi connectivity index (χ0) is 13.1. The second-order valence-corrected chi connectivity index (χ2v) is 4.98. The minimum absolute atomic E-state index is 0.0360. The van der Waals surface area contributed by atoms with Gasteiger partial charge in [-0.15, -0.1) is 10.2 Å². The van der Waals surface area contributed by atoms with Crippen LogP contribution in [0.15, 0.2) is 22.7 Å². The average molecular weight is 311 g/mol. The van der Waals surface area contributed by atoms with Gasteiger partial charge in [0.15, 0.2) is 5.82 Å². The molecule has 7 heteroatoms. The summed E-state index contributed by atoms with van der Waals surface area (Å²) in [6, 6.07) is 6.11. The number of tetrazole rings is 1. The molecule has 0 radical (unpaired) electrons. The maximum absolute atomic E-state index is 5.60. The third kappa shape index (κ3) is 2.92. The molecule has 0 saturated heterocycles. The number of hydrogen-bond acceptors (Lipinski definition) is 5. The Balaban J connectivity index is 2.19. The predicted molar refractivity (Wildman–Crippen MR) is 71.4 cm³/mol. The van der Waals surface area contributed by atoms with E-state index in [1.165, 1.54) is 10.4 Å². The molecule has 1 aromatic heterocycles. The monoisotopic (exact) mass is 310 g/mol. The molecule has 18 heavy (non-hydrogen) atoms. The van der Waals surface area contributed by atoms with Crippen LogP contribution in [-0.2, 0) is 13.5 Å². The Morgan fingerprint density at radius 3 is 2.83 bits per heavy atom. The molecule has 1 atom stereocenters. The van der Waals surface area contributed by atoms with E-state index in [9.17, 15) is 0 Å². The molecule has 0 aliphatic carbocycles. The molecular weight excluding hydrogens is 296 g/mol. The zero-order valence-electron chi connectivity index (χ0n) is 10.3. The van der Waals surface area contributed by atoms with Gasteiger partial charge in [-0.1, -0.05) is 28.1 Å². The molecule has 0 saturated carbocycles. The third-order valence-electron chi connectivity index (χ3n) is 2.74. The van der Waals surface area contributed by atoms with E-state index in [1.807, 2.05) is 19.1 Å². The normalized spacial score (nSPS) is 12.7. The molecule has 2 rings (SSSR count). The van der Waals surface area contributed by atoms with Crippen molar-refractivity contribution in [3.05, 3.63) is 39.6 Å². The number of nitrogens with zero attached hydrogens (tertiary/aromatic N) is 4. The van der Waals surface area contributed by atoms with Crippen LogP contribution in [0.5, 0.6) is 0 Å². The molecule has 0 amide bonds. The number of aryl methyl sites for hydroxylation is 2. The minimum Gasteiger partial charge on any atom is -0.271 e. The Morgan fingerprint density at radius 2 is 2.28 bits per heavy atom. The van der Waals surface area contributed by atoms with E-state index in [2.05, 4.69) is 42.8 Å². The molecule has 96 valence electrons. The second-order valence-electron chi connectivity index (χ2n) is 4.13. The van der Waals surface area contributed by atoms with E-state index in [-0.39, 0.29) is 6.04 Å². The third-order valence-corrected chi connectivity index (χ3v) is 3.59. The van der Waals surface area contributed by atoms with E-state index in [0.29, 0.717) is 12.2 Å². The lowest BCUT2D eigenvalue weighted by atomic mass is 10.0. The number of halogens is 1. The molecule has 3 N–H and O–H groups in total. The Kier molecular flexibility index (Phi) is 4.05. The van der Waals surface area contributed by atoms with E-state index in [0.717, 1.165) is 10.0 Å². The number of benzene rings is 1. The first-order valence-corrected chi connectivity index (χ1v) is 6.34. The summed E-state index contributed by atoms with van der Waals surface area (Å²) in [5.74, 6) is 6.26. The van der Waals surface area contributed by atoms with Gasteiger partial charge in [0.1, 0.15) is 0 Å². The molecule has 0 bridgehead atoms. The summed E-state index contributed by atoms with van der Waals surface area (Å²) >= 11 is 3.52. The lowest BCUT2D eigenvalue weighted by Crippen LogP contribution is -2.30. The molecule has 0 aliphatic rings.